The highest BCUT2D eigenvalue weighted by atomic mass is 35.5. The Morgan fingerprint density at radius 2 is 1.95 bits per heavy atom. The number of nitrogens with one attached hydrogen (secondary N) is 1. The van der Waals surface area contributed by atoms with Gasteiger partial charge in [0.15, 0.2) is 4.80 Å². The molecular formula is C28H29ClN5O5S+. The molecule has 40 heavy (non-hydrogen) atoms. The van der Waals surface area contributed by atoms with Crippen molar-refractivity contribution in [1.82, 2.24) is 4.57 Å². The van der Waals surface area contributed by atoms with Crippen molar-refractivity contribution in [3.63, 3.8) is 0 Å². The molecular weight excluding hydrogens is 554 g/mol. The SMILES string of the molecule is CCOC(=O)C1=C(C)N=c2s/c(=C/c3cc([N+](=O)[O-])ccc3N3CC[NH+](C)CC3)c(=O)n2[C@@H]1c1ccc(Cl)cc1. The summed E-state index contributed by atoms with van der Waals surface area (Å²) in [6, 6.07) is 10.9. The van der Waals surface area contributed by atoms with E-state index >= 15 is 0 Å². The van der Waals surface area contributed by atoms with Gasteiger partial charge in [-0.05, 0) is 43.7 Å². The first-order valence-corrected chi connectivity index (χ1v) is 14.2. The first kappa shape index (κ1) is 27.8. The number of carbonyl (C=O) groups is 1. The van der Waals surface area contributed by atoms with Crippen molar-refractivity contribution < 1.29 is 19.4 Å². The fourth-order valence-corrected chi connectivity index (χ4v) is 6.25. The van der Waals surface area contributed by atoms with Crippen molar-refractivity contribution >= 4 is 46.4 Å². The molecule has 208 valence electrons. The highest BCUT2D eigenvalue weighted by Crippen LogP contribution is 2.31. The smallest absolute Gasteiger partial charge is 0.338 e. The van der Waals surface area contributed by atoms with Crippen molar-refractivity contribution in [2.45, 2.75) is 19.9 Å². The highest BCUT2D eigenvalue weighted by molar-refractivity contribution is 7.07. The minimum atomic E-state index is -0.764. The molecule has 0 bridgehead atoms. The number of hydrogen-bond donors (Lipinski definition) is 1. The molecule has 0 unspecified atom stereocenters. The number of benzene rings is 2. The van der Waals surface area contributed by atoms with Crippen LogP contribution < -0.4 is 24.7 Å². The maximum absolute atomic E-state index is 14.0. The fourth-order valence-electron chi connectivity index (χ4n) is 5.08. The third kappa shape index (κ3) is 5.32. The maximum atomic E-state index is 14.0. The van der Waals surface area contributed by atoms with E-state index in [9.17, 15) is 19.7 Å². The van der Waals surface area contributed by atoms with Crippen LogP contribution in [0.3, 0.4) is 0 Å². The summed E-state index contributed by atoms with van der Waals surface area (Å²) in [5.41, 5.74) is 2.44. The maximum Gasteiger partial charge on any atom is 0.338 e. The molecule has 0 saturated carbocycles. The van der Waals surface area contributed by atoms with E-state index in [0.29, 0.717) is 31.2 Å². The van der Waals surface area contributed by atoms with Gasteiger partial charge >= 0.3 is 5.97 Å². The number of fused-ring (bicyclic) bond motifs is 1. The number of thiazole rings is 1. The van der Waals surface area contributed by atoms with Crippen molar-refractivity contribution in [3.8, 4) is 0 Å². The molecule has 2 aliphatic heterocycles. The third-order valence-corrected chi connectivity index (χ3v) is 8.40. The average Bonchev–Trinajstić information content (AvgIpc) is 3.23. The zero-order valence-electron chi connectivity index (χ0n) is 22.3. The van der Waals surface area contributed by atoms with Crippen LogP contribution in [0.4, 0.5) is 11.4 Å². The van der Waals surface area contributed by atoms with Crippen LogP contribution in [0.2, 0.25) is 5.02 Å². The van der Waals surface area contributed by atoms with Gasteiger partial charge in [-0.3, -0.25) is 19.5 Å². The van der Waals surface area contributed by atoms with E-state index in [0.717, 1.165) is 31.9 Å². The number of allylic oxidation sites excluding steroid dienone is 1. The van der Waals surface area contributed by atoms with Crippen LogP contribution in [0.25, 0.3) is 6.08 Å². The van der Waals surface area contributed by atoms with Crippen molar-refractivity contribution in [2.24, 2.45) is 4.99 Å². The summed E-state index contributed by atoms with van der Waals surface area (Å²) in [4.78, 5) is 46.9. The molecule has 12 heteroatoms. The fraction of sp³-hybridized carbons (Fsp3) is 0.321. The summed E-state index contributed by atoms with van der Waals surface area (Å²) in [5, 5.41) is 12.1. The van der Waals surface area contributed by atoms with Crippen LogP contribution in [-0.2, 0) is 9.53 Å². The molecule has 1 fully saturated rings. The van der Waals surface area contributed by atoms with Gasteiger partial charge in [0.1, 0.15) is 0 Å². The topological polar surface area (TPSA) is 111 Å². The zero-order valence-corrected chi connectivity index (χ0v) is 23.9. The van der Waals surface area contributed by atoms with Crippen LogP contribution >= 0.6 is 22.9 Å². The van der Waals surface area contributed by atoms with Gasteiger partial charge in [-0.1, -0.05) is 35.1 Å². The van der Waals surface area contributed by atoms with Gasteiger partial charge in [-0.2, -0.15) is 0 Å². The molecule has 1 saturated heterocycles. The third-order valence-electron chi connectivity index (χ3n) is 7.17. The highest BCUT2D eigenvalue weighted by Gasteiger charge is 2.33. The van der Waals surface area contributed by atoms with Crippen molar-refractivity contribution in [1.29, 1.82) is 0 Å². The Morgan fingerprint density at radius 3 is 2.60 bits per heavy atom. The molecule has 10 nitrogen and oxygen atoms in total. The minimum absolute atomic E-state index is 0.0537. The van der Waals surface area contributed by atoms with Gasteiger partial charge in [0.05, 0.1) is 66.6 Å². The Labute approximate surface area is 239 Å². The van der Waals surface area contributed by atoms with Crippen LogP contribution in [-0.4, -0.2) is 55.3 Å². The van der Waals surface area contributed by atoms with E-state index in [1.54, 1.807) is 50.3 Å². The first-order chi connectivity index (χ1) is 19.2. The van der Waals surface area contributed by atoms with E-state index in [1.807, 2.05) is 0 Å². The molecule has 0 spiro atoms. The van der Waals surface area contributed by atoms with Gasteiger partial charge < -0.3 is 14.5 Å². The number of hydrogen-bond acceptors (Lipinski definition) is 8. The molecule has 2 aliphatic rings. The second-order valence-corrected chi connectivity index (χ2v) is 11.2. The lowest BCUT2D eigenvalue weighted by molar-refractivity contribution is -0.880. The number of aromatic nitrogens is 1. The second kappa shape index (κ2) is 11.4. The first-order valence-electron chi connectivity index (χ1n) is 13.0. The lowest BCUT2D eigenvalue weighted by Gasteiger charge is -2.32. The van der Waals surface area contributed by atoms with Gasteiger partial charge in [0.25, 0.3) is 11.2 Å². The van der Waals surface area contributed by atoms with Crippen LogP contribution in [0.5, 0.6) is 0 Å². The van der Waals surface area contributed by atoms with Gasteiger partial charge in [0, 0.05) is 28.4 Å². The van der Waals surface area contributed by atoms with Crippen LogP contribution in [0.15, 0.2) is 63.5 Å². The predicted molar refractivity (Wildman–Crippen MR) is 154 cm³/mol. The Hall–Kier alpha value is -3.80. The van der Waals surface area contributed by atoms with Crippen molar-refractivity contribution in [2.75, 3.05) is 44.7 Å². The standard InChI is InChI=1S/C28H28ClN5O5S/c1-4-39-27(36)24-17(2)30-28-33(25(24)18-5-7-20(29)8-6-18)26(35)23(40-28)16-19-15-21(34(37)38)9-10-22(19)32-13-11-31(3)12-14-32/h5-10,15-16,25H,4,11-14H2,1-3H3/p+1/b23-16+/t25-/m1/s1. The molecule has 1 aromatic heterocycles. The van der Waals surface area contributed by atoms with E-state index in [1.165, 1.54) is 32.9 Å². The average molecular weight is 583 g/mol. The number of ether oxygens (including phenoxy) is 1. The van der Waals surface area contributed by atoms with E-state index < -0.39 is 16.9 Å². The number of esters is 1. The Bertz CT molecular complexity index is 1690. The van der Waals surface area contributed by atoms with E-state index in [4.69, 9.17) is 16.3 Å². The number of halogens is 1. The Kier molecular flexibility index (Phi) is 7.88. The number of likely N-dealkylation sites (N-methyl/N-ethyl adjacent to an activating group) is 1. The van der Waals surface area contributed by atoms with Gasteiger partial charge in [-0.25, -0.2) is 9.79 Å². The number of piperazine rings is 1. The van der Waals surface area contributed by atoms with Gasteiger partial charge in [-0.15, -0.1) is 0 Å². The Morgan fingerprint density at radius 1 is 1.25 bits per heavy atom. The number of non-ortho nitro benzene ring substituents is 1. The summed E-state index contributed by atoms with van der Waals surface area (Å²) >= 11 is 7.31. The predicted octanol–water partition coefficient (Wildman–Crippen LogP) is 1.69. The number of nitrogens with zero attached hydrogens (tertiary/aromatic N) is 4. The minimum Gasteiger partial charge on any atom is -0.463 e. The van der Waals surface area contributed by atoms with Gasteiger partial charge in [0.2, 0.25) is 0 Å². The summed E-state index contributed by atoms with van der Waals surface area (Å²) < 4.78 is 7.19. The lowest BCUT2D eigenvalue weighted by Crippen LogP contribution is -3.12. The molecule has 3 heterocycles. The van der Waals surface area contributed by atoms with Crippen LogP contribution in [0.1, 0.15) is 31.0 Å². The zero-order chi connectivity index (χ0) is 28.6. The normalized spacial score (nSPS) is 17.9. The molecule has 1 atom stereocenters. The number of quaternary nitrogens is 1. The number of nitro benzene ring substituents is 1. The number of anilines is 1. The molecule has 0 amide bonds. The van der Waals surface area contributed by atoms with Crippen molar-refractivity contribution in [3.05, 3.63) is 99.7 Å². The van der Waals surface area contributed by atoms with Crippen LogP contribution in [0, 0.1) is 10.1 Å². The summed E-state index contributed by atoms with van der Waals surface area (Å²) in [5.74, 6) is -0.545. The number of rotatable bonds is 6. The molecule has 0 radical (unpaired) electrons. The molecule has 2 aromatic carbocycles. The summed E-state index contributed by atoms with van der Waals surface area (Å²) in [6.07, 6.45) is 1.69. The lowest BCUT2D eigenvalue weighted by atomic mass is 9.96. The molecule has 1 N–H and O–H groups in total. The second-order valence-electron chi connectivity index (χ2n) is 9.80. The summed E-state index contributed by atoms with van der Waals surface area (Å²) in [6.45, 7) is 7.09. The molecule has 0 aliphatic carbocycles. The van der Waals surface area contributed by atoms with E-state index in [2.05, 4.69) is 16.9 Å². The number of carbonyl (C=O) groups excluding carboxylic acids is 1. The number of nitro groups is 1. The molecule has 5 rings (SSSR count). The monoisotopic (exact) mass is 582 g/mol. The van der Waals surface area contributed by atoms with E-state index in [-0.39, 0.29) is 23.4 Å². The summed E-state index contributed by atoms with van der Waals surface area (Å²) in [7, 11) is 2.14. The quantitative estimate of drug-likeness (QED) is 0.269. The molecule has 3 aromatic rings. The largest absolute Gasteiger partial charge is 0.463 e. The Balaban J connectivity index is 1.70.